The number of rotatable bonds is 3. The van der Waals surface area contributed by atoms with Gasteiger partial charge in [0.05, 0.1) is 0 Å². The highest BCUT2D eigenvalue weighted by Gasteiger charge is 1.93. The molecule has 0 saturated heterocycles. The topological polar surface area (TPSA) is 0 Å². The van der Waals surface area contributed by atoms with Gasteiger partial charge in [0.2, 0.25) is 0 Å². The highest BCUT2D eigenvalue weighted by molar-refractivity contribution is 6.11. The third kappa shape index (κ3) is 3.91. The molecule has 7 heavy (non-hydrogen) atoms. The van der Waals surface area contributed by atoms with Gasteiger partial charge in [0, 0.05) is 0 Å². The molecule has 0 spiro atoms. The van der Waals surface area contributed by atoms with Gasteiger partial charge in [0.15, 0.2) is 0 Å². The predicted molar refractivity (Wildman–Crippen MR) is 37.5 cm³/mol. The Bertz CT molecular complexity index is 35.2. The maximum absolute atomic E-state index is 2.31. The fourth-order valence-electron chi connectivity index (χ4n) is 0.697. The molecule has 0 aliphatic carbocycles. The minimum atomic E-state index is 0.949. The molecule has 0 heterocycles. The van der Waals surface area contributed by atoms with Crippen molar-refractivity contribution in [2.75, 3.05) is 0 Å². The minimum Gasteiger partial charge on any atom is -0.0700 e. The summed E-state index contributed by atoms with van der Waals surface area (Å²) in [6, 6.07) is 0. The van der Waals surface area contributed by atoms with Gasteiger partial charge < -0.3 is 0 Å². The van der Waals surface area contributed by atoms with Crippen molar-refractivity contribution in [2.24, 2.45) is 0 Å². The Hall–Kier alpha value is 0.0649. The fourth-order valence-corrected chi connectivity index (χ4v) is 0.697. The van der Waals surface area contributed by atoms with E-state index in [-0.39, 0.29) is 0 Å². The molecule has 1 heteroatoms. The van der Waals surface area contributed by atoms with E-state index in [1.807, 2.05) is 0 Å². The molecule has 0 fully saturated rings. The summed E-state index contributed by atoms with van der Waals surface area (Å²) in [7, 11) is 2.31. The second-order valence-corrected chi connectivity index (χ2v) is 2.30. The first-order valence-corrected chi connectivity index (χ1v) is 3.31. The van der Waals surface area contributed by atoms with Gasteiger partial charge in [0.1, 0.15) is 7.85 Å². The third-order valence-corrected chi connectivity index (χ3v) is 1.48. The molecule has 0 rings (SSSR count). The molecule has 0 amide bonds. The zero-order valence-corrected chi connectivity index (χ0v) is 5.70. The molecular weight excluding hydrogens is 82.9 g/mol. The van der Waals surface area contributed by atoms with Gasteiger partial charge >= 0.3 is 0 Å². The second kappa shape index (κ2) is 4.23. The quantitative estimate of drug-likeness (QED) is 0.470. The summed E-state index contributed by atoms with van der Waals surface area (Å²) in [5, 5.41) is 0. The van der Waals surface area contributed by atoms with Gasteiger partial charge in [-0.1, -0.05) is 38.9 Å². The molecule has 0 aromatic heterocycles. The minimum absolute atomic E-state index is 0.949. The van der Waals surface area contributed by atoms with Crippen LogP contribution >= 0.6 is 0 Å². The third-order valence-electron chi connectivity index (χ3n) is 1.48. The molecule has 0 aliphatic heterocycles. The monoisotopic (exact) mass is 98.1 g/mol. The largest absolute Gasteiger partial charge is 0.105 e. The maximum Gasteiger partial charge on any atom is 0.105 e. The van der Waals surface area contributed by atoms with Gasteiger partial charge in [-0.3, -0.25) is 0 Å². The van der Waals surface area contributed by atoms with Gasteiger partial charge in [-0.25, -0.2) is 0 Å². The van der Waals surface area contributed by atoms with Crippen LogP contribution in [0.25, 0.3) is 0 Å². The van der Waals surface area contributed by atoms with E-state index >= 15 is 0 Å². The molecule has 1 unspecified atom stereocenters. The van der Waals surface area contributed by atoms with Crippen LogP contribution in [-0.2, 0) is 0 Å². The van der Waals surface area contributed by atoms with Crippen LogP contribution in [-0.4, -0.2) is 7.85 Å². The van der Waals surface area contributed by atoms with Crippen LogP contribution in [0.1, 0.15) is 33.1 Å². The predicted octanol–water partition coefficient (Wildman–Crippen LogP) is 1.62. The van der Waals surface area contributed by atoms with Gasteiger partial charge in [-0.2, -0.15) is 0 Å². The van der Waals surface area contributed by atoms with Crippen molar-refractivity contribution >= 4 is 7.85 Å². The summed E-state index contributed by atoms with van der Waals surface area (Å²) < 4.78 is 0. The smallest absolute Gasteiger partial charge is 0.0700 e. The summed E-state index contributed by atoms with van der Waals surface area (Å²) in [6.45, 7) is 4.49. The van der Waals surface area contributed by atoms with Gasteiger partial charge in [-0.15, -0.1) is 0 Å². The Balaban J connectivity index is 2.83. The molecule has 0 nitrogen and oxygen atoms in total. The SMILES string of the molecule is BC(CC)CCC. The summed E-state index contributed by atoms with van der Waals surface area (Å²) in [4.78, 5) is 0. The first-order valence-electron chi connectivity index (χ1n) is 3.31. The van der Waals surface area contributed by atoms with Crippen LogP contribution in [0.2, 0.25) is 5.82 Å². The summed E-state index contributed by atoms with van der Waals surface area (Å²) in [5.41, 5.74) is 0. The van der Waals surface area contributed by atoms with Gasteiger partial charge in [-0.05, 0) is 0 Å². The molecule has 1 atom stereocenters. The van der Waals surface area contributed by atoms with Crippen LogP contribution in [0.15, 0.2) is 0 Å². The molecule has 0 saturated carbocycles. The van der Waals surface area contributed by atoms with Crippen molar-refractivity contribution in [1.82, 2.24) is 0 Å². The van der Waals surface area contributed by atoms with E-state index in [0.29, 0.717) is 0 Å². The zero-order valence-electron chi connectivity index (χ0n) is 5.70. The van der Waals surface area contributed by atoms with Crippen molar-refractivity contribution in [3.8, 4) is 0 Å². The lowest BCUT2D eigenvalue weighted by Gasteiger charge is -2.02. The van der Waals surface area contributed by atoms with Crippen molar-refractivity contribution in [3.05, 3.63) is 0 Å². The number of hydrogen-bond acceptors (Lipinski definition) is 0. The van der Waals surface area contributed by atoms with Crippen LogP contribution < -0.4 is 0 Å². The van der Waals surface area contributed by atoms with E-state index in [2.05, 4.69) is 21.7 Å². The van der Waals surface area contributed by atoms with Crippen molar-refractivity contribution < 1.29 is 0 Å². The molecule has 0 aliphatic rings. The van der Waals surface area contributed by atoms with Crippen LogP contribution in [0.3, 0.4) is 0 Å². The van der Waals surface area contributed by atoms with Crippen molar-refractivity contribution in [3.63, 3.8) is 0 Å². The van der Waals surface area contributed by atoms with Crippen molar-refractivity contribution in [2.45, 2.75) is 38.9 Å². The Morgan fingerprint density at radius 3 is 2.14 bits per heavy atom. The average molecular weight is 98.0 g/mol. The first kappa shape index (κ1) is 7.06. The van der Waals surface area contributed by atoms with E-state index in [1.54, 1.807) is 0 Å². The van der Waals surface area contributed by atoms with Crippen molar-refractivity contribution in [1.29, 1.82) is 0 Å². The molecule has 42 valence electrons. The van der Waals surface area contributed by atoms with Crippen LogP contribution in [0, 0.1) is 0 Å². The molecule has 0 radical (unpaired) electrons. The highest BCUT2D eigenvalue weighted by atomic mass is 13.9. The lowest BCUT2D eigenvalue weighted by atomic mass is 9.82. The fraction of sp³-hybridized carbons (Fsp3) is 1.00. The lowest BCUT2D eigenvalue weighted by Crippen LogP contribution is -1.86. The normalized spacial score (nSPS) is 14.0. The highest BCUT2D eigenvalue weighted by Crippen LogP contribution is 2.10. The summed E-state index contributed by atoms with van der Waals surface area (Å²) in [5.74, 6) is 0.949. The Kier molecular flexibility index (Phi) is 4.27. The lowest BCUT2D eigenvalue weighted by molar-refractivity contribution is 0.700. The van der Waals surface area contributed by atoms with E-state index in [1.165, 1.54) is 19.3 Å². The standard InChI is InChI=1S/C6H15B/c1-3-5-6(7)4-2/h6H,3-5,7H2,1-2H3. The first-order chi connectivity index (χ1) is 3.31. The van der Waals surface area contributed by atoms with E-state index in [9.17, 15) is 0 Å². The van der Waals surface area contributed by atoms with Crippen LogP contribution in [0.4, 0.5) is 0 Å². The van der Waals surface area contributed by atoms with E-state index in [4.69, 9.17) is 0 Å². The second-order valence-electron chi connectivity index (χ2n) is 2.30. The Morgan fingerprint density at radius 1 is 1.43 bits per heavy atom. The summed E-state index contributed by atoms with van der Waals surface area (Å²) >= 11 is 0. The van der Waals surface area contributed by atoms with Crippen LogP contribution in [0.5, 0.6) is 0 Å². The van der Waals surface area contributed by atoms with E-state index in [0.717, 1.165) is 5.82 Å². The average Bonchev–Trinajstić information content (AvgIpc) is 1.68. The zero-order chi connectivity index (χ0) is 5.70. The summed E-state index contributed by atoms with van der Waals surface area (Å²) in [6.07, 6.45) is 4.08. The Morgan fingerprint density at radius 2 is 2.00 bits per heavy atom. The maximum atomic E-state index is 2.31. The molecule has 0 aromatic rings. The van der Waals surface area contributed by atoms with E-state index < -0.39 is 0 Å². The molecular formula is C6H15B. The number of hydrogen-bond donors (Lipinski definition) is 0. The van der Waals surface area contributed by atoms with Gasteiger partial charge in [0.25, 0.3) is 0 Å². The molecule has 0 N–H and O–H groups in total. The molecule has 0 aromatic carbocycles. The molecule has 0 bridgehead atoms. The Labute approximate surface area is 47.7 Å².